The zero-order valence-electron chi connectivity index (χ0n) is 11.8. The Kier molecular flexibility index (Phi) is 5.85. The third-order valence-electron chi connectivity index (χ3n) is 2.54. The number of rotatable bonds is 6. The van der Waals surface area contributed by atoms with Crippen molar-refractivity contribution < 1.29 is 14.3 Å². The predicted octanol–water partition coefficient (Wildman–Crippen LogP) is 1.37. The Labute approximate surface area is 113 Å². The molecule has 0 aliphatic rings. The van der Waals surface area contributed by atoms with Crippen LogP contribution in [0, 0.1) is 0 Å². The summed E-state index contributed by atoms with van der Waals surface area (Å²) in [5, 5.41) is 0. The molecule has 104 valence electrons. The predicted molar refractivity (Wildman–Crippen MR) is 74.7 cm³/mol. The summed E-state index contributed by atoms with van der Waals surface area (Å²) in [7, 11) is 6.69. The molecule has 0 aliphatic carbocycles. The minimum Gasteiger partial charge on any atom is -0.497 e. The minimum atomic E-state index is -0.527. The Morgan fingerprint density at radius 3 is 2.42 bits per heavy atom. The molecule has 0 fully saturated rings. The van der Waals surface area contributed by atoms with Crippen LogP contribution in [0.1, 0.15) is 5.56 Å². The molecule has 1 aromatic rings. The third kappa shape index (κ3) is 4.99. The van der Waals surface area contributed by atoms with Crippen LogP contribution < -0.4 is 4.74 Å². The van der Waals surface area contributed by atoms with Gasteiger partial charge in [0.25, 0.3) is 0 Å². The molecule has 0 spiro atoms. The molecule has 1 rings (SSSR count). The summed E-state index contributed by atoms with van der Waals surface area (Å²) < 4.78 is 9.86. The van der Waals surface area contributed by atoms with Crippen molar-refractivity contribution in [3.8, 4) is 5.75 Å². The van der Waals surface area contributed by atoms with Gasteiger partial charge in [-0.05, 0) is 17.7 Å². The van der Waals surface area contributed by atoms with Crippen molar-refractivity contribution in [3.05, 3.63) is 29.8 Å². The van der Waals surface area contributed by atoms with Gasteiger partial charge >= 0.3 is 5.97 Å². The van der Waals surface area contributed by atoms with Gasteiger partial charge < -0.3 is 14.4 Å². The number of carbonyl (C=O) groups excluding carboxylic acids is 1. The number of esters is 1. The summed E-state index contributed by atoms with van der Waals surface area (Å²) in [6.07, 6.45) is 2.12. The second-order valence-electron chi connectivity index (χ2n) is 4.32. The number of methoxy groups -OCH3 is 2. The number of ether oxygens (including phenoxy) is 2. The minimum absolute atomic E-state index is 0.339. The third-order valence-corrected chi connectivity index (χ3v) is 2.54. The lowest BCUT2D eigenvalue weighted by molar-refractivity contribution is -0.142. The molecule has 0 amide bonds. The van der Waals surface area contributed by atoms with Crippen LogP contribution >= 0.6 is 0 Å². The molecule has 0 N–H and O–H groups in total. The van der Waals surface area contributed by atoms with Crippen LogP contribution in [0.25, 0.3) is 0 Å². The van der Waals surface area contributed by atoms with Crippen molar-refractivity contribution in [2.24, 2.45) is 4.99 Å². The Bertz CT molecular complexity index is 427. The monoisotopic (exact) mass is 264 g/mol. The van der Waals surface area contributed by atoms with E-state index < -0.39 is 6.04 Å². The van der Waals surface area contributed by atoms with Gasteiger partial charge in [-0.2, -0.15) is 0 Å². The van der Waals surface area contributed by atoms with Crippen LogP contribution in [0.4, 0.5) is 0 Å². The van der Waals surface area contributed by atoms with Gasteiger partial charge in [0.2, 0.25) is 0 Å². The molecule has 1 aromatic carbocycles. The Morgan fingerprint density at radius 2 is 1.95 bits per heavy atom. The number of aliphatic imine (C=N–C) groups is 1. The van der Waals surface area contributed by atoms with Crippen molar-refractivity contribution in [1.82, 2.24) is 4.90 Å². The van der Waals surface area contributed by atoms with Gasteiger partial charge in [-0.15, -0.1) is 0 Å². The normalized spacial score (nSPS) is 12.2. The van der Waals surface area contributed by atoms with E-state index in [4.69, 9.17) is 9.47 Å². The molecule has 0 saturated heterocycles. The fraction of sp³-hybridized carbons (Fsp3) is 0.429. The SMILES string of the molecule is COC(=O)C(Cc1ccc(OC)cc1)N=CN(C)C. The molecule has 1 atom stereocenters. The first-order valence-corrected chi connectivity index (χ1v) is 5.97. The lowest BCUT2D eigenvalue weighted by Gasteiger charge is -2.12. The summed E-state index contributed by atoms with van der Waals surface area (Å²) in [5.74, 6) is 0.448. The standard InChI is InChI=1S/C14H20N2O3/c1-16(2)10-15-13(14(17)19-4)9-11-5-7-12(18-3)8-6-11/h5-8,10,13H,9H2,1-4H3. The van der Waals surface area contributed by atoms with E-state index in [0.29, 0.717) is 6.42 Å². The van der Waals surface area contributed by atoms with Crippen molar-refractivity contribution in [3.63, 3.8) is 0 Å². The Balaban J connectivity index is 2.78. The quantitative estimate of drug-likeness (QED) is 0.442. The number of nitrogens with zero attached hydrogens (tertiary/aromatic N) is 2. The van der Waals surface area contributed by atoms with Crippen molar-refractivity contribution in [2.75, 3.05) is 28.3 Å². The van der Waals surface area contributed by atoms with E-state index in [-0.39, 0.29) is 5.97 Å². The molecule has 0 heterocycles. The van der Waals surface area contributed by atoms with Crippen molar-refractivity contribution >= 4 is 12.3 Å². The van der Waals surface area contributed by atoms with Gasteiger partial charge in [-0.25, -0.2) is 4.79 Å². The van der Waals surface area contributed by atoms with Gasteiger partial charge in [0, 0.05) is 20.5 Å². The highest BCUT2D eigenvalue weighted by Crippen LogP contribution is 2.14. The van der Waals surface area contributed by atoms with Crippen LogP contribution in [0.5, 0.6) is 5.75 Å². The molecule has 5 heteroatoms. The van der Waals surface area contributed by atoms with E-state index in [2.05, 4.69) is 4.99 Å². The second kappa shape index (κ2) is 7.41. The van der Waals surface area contributed by atoms with E-state index in [1.165, 1.54) is 7.11 Å². The van der Waals surface area contributed by atoms with Crippen LogP contribution in [0.2, 0.25) is 0 Å². The zero-order valence-corrected chi connectivity index (χ0v) is 11.8. The van der Waals surface area contributed by atoms with Gasteiger partial charge in [-0.3, -0.25) is 4.99 Å². The first-order valence-electron chi connectivity index (χ1n) is 5.97. The van der Waals surface area contributed by atoms with Gasteiger partial charge in [-0.1, -0.05) is 12.1 Å². The van der Waals surface area contributed by atoms with E-state index in [1.54, 1.807) is 18.3 Å². The van der Waals surface area contributed by atoms with Gasteiger partial charge in [0.05, 0.1) is 20.6 Å². The molecule has 0 bridgehead atoms. The zero-order chi connectivity index (χ0) is 14.3. The fourth-order valence-corrected chi connectivity index (χ4v) is 1.53. The summed E-state index contributed by atoms with van der Waals surface area (Å²) in [6, 6.07) is 7.03. The highest BCUT2D eigenvalue weighted by Gasteiger charge is 2.18. The maximum absolute atomic E-state index is 11.7. The lowest BCUT2D eigenvalue weighted by atomic mass is 10.1. The lowest BCUT2D eigenvalue weighted by Crippen LogP contribution is -2.24. The summed E-state index contributed by atoms with van der Waals surface area (Å²) in [5.41, 5.74) is 1.01. The molecular weight excluding hydrogens is 244 g/mol. The highest BCUT2D eigenvalue weighted by atomic mass is 16.5. The number of hydrogen-bond donors (Lipinski definition) is 0. The maximum atomic E-state index is 11.7. The van der Waals surface area contributed by atoms with Crippen LogP contribution in [0.15, 0.2) is 29.3 Å². The van der Waals surface area contributed by atoms with E-state index in [1.807, 2.05) is 38.4 Å². The summed E-state index contributed by atoms with van der Waals surface area (Å²) in [4.78, 5) is 17.7. The molecule has 5 nitrogen and oxygen atoms in total. The first kappa shape index (κ1) is 15.0. The smallest absolute Gasteiger partial charge is 0.330 e. The number of hydrogen-bond acceptors (Lipinski definition) is 4. The highest BCUT2D eigenvalue weighted by molar-refractivity contribution is 5.78. The largest absolute Gasteiger partial charge is 0.497 e. The van der Waals surface area contributed by atoms with Gasteiger partial charge in [0.1, 0.15) is 5.75 Å². The van der Waals surface area contributed by atoms with Crippen LogP contribution in [-0.4, -0.2) is 51.6 Å². The fourth-order valence-electron chi connectivity index (χ4n) is 1.53. The van der Waals surface area contributed by atoms with Crippen LogP contribution in [-0.2, 0) is 16.0 Å². The van der Waals surface area contributed by atoms with E-state index in [0.717, 1.165) is 11.3 Å². The second-order valence-corrected chi connectivity index (χ2v) is 4.32. The summed E-state index contributed by atoms with van der Waals surface area (Å²) in [6.45, 7) is 0. The van der Waals surface area contributed by atoms with E-state index >= 15 is 0 Å². The number of carbonyl (C=O) groups is 1. The molecule has 0 saturated carbocycles. The molecule has 0 radical (unpaired) electrons. The Morgan fingerprint density at radius 1 is 1.32 bits per heavy atom. The molecule has 0 aliphatic heterocycles. The van der Waals surface area contributed by atoms with Gasteiger partial charge in [0.15, 0.2) is 6.04 Å². The molecule has 19 heavy (non-hydrogen) atoms. The topological polar surface area (TPSA) is 51.1 Å². The number of benzene rings is 1. The first-order chi connectivity index (χ1) is 9.06. The Hall–Kier alpha value is -2.04. The molecule has 1 unspecified atom stereocenters. The van der Waals surface area contributed by atoms with Crippen molar-refractivity contribution in [2.45, 2.75) is 12.5 Å². The molecule has 0 aromatic heterocycles. The maximum Gasteiger partial charge on any atom is 0.330 e. The average Bonchev–Trinajstić information content (AvgIpc) is 2.43. The van der Waals surface area contributed by atoms with E-state index in [9.17, 15) is 4.79 Å². The summed E-state index contributed by atoms with van der Waals surface area (Å²) >= 11 is 0. The van der Waals surface area contributed by atoms with Crippen LogP contribution in [0.3, 0.4) is 0 Å². The molecular formula is C14H20N2O3. The average molecular weight is 264 g/mol. The van der Waals surface area contributed by atoms with Crippen molar-refractivity contribution in [1.29, 1.82) is 0 Å².